The van der Waals surface area contributed by atoms with Gasteiger partial charge >= 0.3 is 6.09 Å². The highest BCUT2D eigenvalue weighted by molar-refractivity contribution is 5.68. The summed E-state index contributed by atoms with van der Waals surface area (Å²) in [4.78, 5) is 18.4. The van der Waals surface area contributed by atoms with E-state index in [0.29, 0.717) is 42.7 Å². The maximum atomic E-state index is 12.1. The quantitative estimate of drug-likeness (QED) is 0.818. The number of aromatic nitrogens is 2. The number of carbonyl (C=O) groups is 1. The molecule has 2 aromatic rings. The Morgan fingerprint density at radius 3 is 2.78 bits per heavy atom. The second-order valence-corrected chi connectivity index (χ2v) is 7.82. The molecule has 1 fully saturated rings. The molecule has 1 aliphatic rings. The topological polar surface area (TPSA) is 92.2 Å². The molecule has 3 rings (SSSR count). The summed E-state index contributed by atoms with van der Waals surface area (Å²) in [6.07, 6.45) is 2.23. The van der Waals surface area contributed by atoms with E-state index in [2.05, 4.69) is 16.2 Å². The van der Waals surface area contributed by atoms with Crippen molar-refractivity contribution in [1.82, 2.24) is 15.0 Å². The van der Waals surface area contributed by atoms with Gasteiger partial charge in [0.15, 0.2) is 5.82 Å². The van der Waals surface area contributed by atoms with Crippen LogP contribution in [0.25, 0.3) is 11.5 Å². The maximum absolute atomic E-state index is 12.1. The van der Waals surface area contributed by atoms with Crippen LogP contribution in [0, 0.1) is 17.2 Å². The summed E-state index contributed by atoms with van der Waals surface area (Å²) in [5, 5.41) is 13.1. The molecule has 1 aromatic heterocycles. The molecule has 2 heterocycles. The van der Waals surface area contributed by atoms with Gasteiger partial charge in [0.05, 0.1) is 11.6 Å². The summed E-state index contributed by atoms with van der Waals surface area (Å²) in [6.45, 7) is 6.97. The van der Waals surface area contributed by atoms with Gasteiger partial charge in [0.25, 0.3) is 5.89 Å². The summed E-state index contributed by atoms with van der Waals surface area (Å²) in [7, 11) is 0. The van der Waals surface area contributed by atoms with Gasteiger partial charge in [-0.2, -0.15) is 10.2 Å². The fourth-order valence-corrected chi connectivity index (χ4v) is 3.08. The number of carbonyl (C=O) groups excluding carboxylic acids is 1. The van der Waals surface area contributed by atoms with Crippen molar-refractivity contribution in [3.05, 3.63) is 35.7 Å². The lowest BCUT2D eigenvalue weighted by Gasteiger charge is -2.33. The molecular formula is C20H24N4O3. The zero-order chi connectivity index (χ0) is 19.4. The highest BCUT2D eigenvalue weighted by Crippen LogP contribution is 2.24. The van der Waals surface area contributed by atoms with Gasteiger partial charge in [0.2, 0.25) is 0 Å². The molecule has 7 heteroatoms. The third kappa shape index (κ3) is 5.07. The summed E-state index contributed by atoms with van der Waals surface area (Å²) in [5.74, 6) is 1.48. The fourth-order valence-electron chi connectivity index (χ4n) is 3.08. The van der Waals surface area contributed by atoms with Gasteiger partial charge in [-0.25, -0.2) is 4.79 Å². The normalized spacial score (nSPS) is 15.4. The number of nitrogens with zero attached hydrogens (tertiary/aromatic N) is 4. The summed E-state index contributed by atoms with van der Waals surface area (Å²) < 4.78 is 10.8. The molecule has 0 aliphatic carbocycles. The number of hydrogen-bond donors (Lipinski definition) is 0. The third-order valence-electron chi connectivity index (χ3n) is 4.44. The van der Waals surface area contributed by atoms with Gasteiger partial charge in [-0.15, -0.1) is 0 Å². The standard InChI is InChI=1S/C20H24N4O3/c1-20(2,3)26-19(25)24-9-7-14(8-10-24)12-17-22-18(27-23-17)16-6-4-5-15(11-16)13-21/h4-6,11,14H,7-10,12H2,1-3H3. The van der Waals surface area contributed by atoms with E-state index in [0.717, 1.165) is 18.4 Å². The van der Waals surface area contributed by atoms with Crippen molar-refractivity contribution in [3.8, 4) is 17.5 Å². The van der Waals surface area contributed by atoms with Gasteiger partial charge in [-0.3, -0.25) is 0 Å². The van der Waals surface area contributed by atoms with E-state index in [4.69, 9.17) is 14.5 Å². The van der Waals surface area contributed by atoms with Gasteiger partial charge in [0.1, 0.15) is 5.60 Å². The molecule has 7 nitrogen and oxygen atoms in total. The molecule has 0 atom stereocenters. The average molecular weight is 368 g/mol. The predicted octanol–water partition coefficient (Wildman–Crippen LogP) is 3.80. The Labute approximate surface area is 158 Å². The molecule has 1 aromatic carbocycles. The lowest BCUT2D eigenvalue weighted by molar-refractivity contribution is 0.0183. The molecule has 0 radical (unpaired) electrons. The highest BCUT2D eigenvalue weighted by Gasteiger charge is 2.27. The van der Waals surface area contributed by atoms with Crippen molar-refractivity contribution < 1.29 is 14.1 Å². The first kappa shape index (κ1) is 18.9. The van der Waals surface area contributed by atoms with E-state index >= 15 is 0 Å². The Morgan fingerprint density at radius 2 is 2.11 bits per heavy atom. The Morgan fingerprint density at radius 1 is 1.37 bits per heavy atom. The monoisotopic (exact) mass is 368 g/mol. The smallest absolute Gasteiger partial charge is 0.410 e. The lowest BCUT2D eigenvalue weighted by Crippen LogP contribution is -2.42. The molecule has 0 bridgehead atoms. The molecular weight excluding hydrogens is 344 g/mol. The largest absolute Gasteiger partial charge is 0.444 e. The molecule has 27 heavy (non-hydrogen) atoms. The van der Waals surface area contributed by atoms with E-state index in [9.17, 15) is 4.79 Å². The Kier molecular flexibility index (Phi) is 5.45. The minimum Gasteiger partial charge on any atom is -0.444 e. The van der Waals surface area contributed by atoms with Crippen LogP contribution in [0.4, 0.5) is 4.79 Å². The highest BCUT2D eigenvalue weighted by atomic mass is 16.6. The van der Waals surface area contributed by atoms with E-state index in [1.54, 1.807) is 23.1 Å². The van der Waals surface area contributed by atoms with Gasteiger partial charge in [-0.1, -0.05) is 11.2 Å². The molecule has 0 unspecified atom stereocenters. The molecule has 1 aliphatic heterocycles. The fraction of sp³-hybridized carbons (Fsp3) is 0.500. The lowest BCUT2D eigenvalue weighted by atomic mass is 9.93. The average Bonchev–Trinajstić information content (AvgIpc) is 3.09. The van der Waals surface area contributed by atoms with Crippen LogP contribution in [0.5, 0.6) is 0 Å². The van der Waals surface area contributed by atoms with Crippen LogP contribution in [-0.2, 0) is 11.2 Å². The first-order valence-electron chi connectivity index (χ1n) is 9.15. The Bertz CT molecular complexity index is 839. The number of piperidine rings is 1. The van der Waals surface area contributed by atoms with E-state index in [1.165, 1.54) is 0 Å². The maximum Gasteiger partial charge on any atom is 0.410 e. The summed E-state index contributed by atoms with van der Waals surface area (Å²) in [6, 6.07) is 9.21. The van der Waals surface area contributed by atoms with E-state index in [-0.39, 0.29) is 6.09 Å². The van der Waals surface area contributed by atoms with Crippen molar-refractivity contribution in [2.24, 2.45) is 5.92 Å². The van der Waals surface area contributed by atoms with Gasteiger partial charge < -0.3 is 14.2 Å². The van der Waals surface area contributed by atoms with Crippen LogP contribution >= 0.6 is 0 Å². The first-order valence-corrected chi connectivity index (χ1v) is 9.15. The Balaban J connectivity index is 1.55. The second-order valence-electron chi connectivity index (χ2n) is 7.82. The SMILES string of the molecule is CC(C)(C)OC(=O)N1CCC(Cc2noc(-c3cccc(C#N)c3)n2)CC1. The minimum absolute atomic E-state index is 0.250. The molecule has 0 N–H and O–H groups in total. The number of ether oxygens (including phenoxy) is 1. The summed E-state index contributed by atoms with van der Waals surface area (Å²) >= 11 is 0. The first-order chi connectivity index (χ1) is 12.8. The van der Waals surface area contributed by atoms with Crippen molar-refractivity contribution in [1.29, 1.82) is 5.26 Å². The number of benzene rings is 1. The van der Waals surface area contributed by atoms with Crippen molar-refractivity contribution in [3.63, 3.8) is 0 Å². The van der Waals surface area contributed by atoms with Crippen molar-refractivity contribution in [2.45, 2.75) is 45.6 Å². The predicted molar refractivity (Wildman–Crippen MR) is 98.7 cm³/mol. The Hall–Kier alpha value is -2.88. The number of rotatable bonds is 3. The number of nitriles is 1. The molecule has 142 valence electrons. The van der Waals surface area contributed by atoms with Crippen LogP contribution < -0.4 is 0 Å². The second kappa shape index (κ2) is 7.78. The van der Waals surface area contributed by atoms with Crippen molar-refractivity contribution >= 4 is 6.09 Å². The van der Waals surface area contributed by atoms with Crippen LogP contribution in [0.1, 0.15) is 45.0 Å². The molecule has 1 saturated heterocycles. The van der Waals surface area contributed by atoms with E-state index < -0.39 is 5.60 Å². The number of likely N-dealkylation sites (tertiary alicyclic amines) is 1. The molecule has 0 spiro atoms. The minimum atomic E-state index is -0.474. The zero-order valence-electron chi connectivity index (χ0n) is 15.9. The number of amides is 1. The number of hydrogen-bond acceptors (Lipinski definition) is 6. The van der Waals surface area contributed by atoms with Crippen molar-refractivity contribution in [2.75, 3.05) is 13.1 Å². The molecule has 1 amide bonds. The van der Waals surface area contributed by atoms with Crippen LogP contribution in [0.3, 0.4) is 0 Å². The van der Waals surface area contributed by atoms with Gasteiger partial charge in [0, 0.05) is 25.1 Å². The van der Waals surface area contributed by atoms with Crippen LogP contribution in [0.15, 0.2) is 28.8 Å². The van der Waals surface area contributed by atoms with Crippen LogP contribution in [-0.4, -0.2) is 39.8 Å². The summed E-state index contributed by atoms with van der Waals surface area (Å²) in [5.41, 5.74) is 0.826. The van der Waals surface area contributed by atoms with E-state index in [1.807, 2.05) is 26.8 Å². The molecule has 0 saturated carbocycles. The van der Waals surface area contributed by atoms with Crippen LogP contribution in [0.2, 0.25) is 0 Å². The van der Waals surface area contributed by atoms with Gasteiger partial charge in [-0.05, 0) is 57.7 Å². The third-order valence-corrected chi connectivity index (χ3v) is 4.44. The zero-order valence-corrected chi connectivity index (χ0v) is 15.9.